The zero-order valence-corrected chi connectivity index (χ0v) is 9.78. The molecule has 0 aromatic rings. The Bertz CT molecular complexity index is 278. The van der Waals surface area contributed by atoms with E-state index in [1.165, 1.54) is 0 Å². The van der Waals surface area contributed by atoms with Crippen molar-refractivity contribution in [3.8, 4) is 0 Å². The van der Waals surface area contributed by atoms with Gasteiger partial charge in [-0.2, -0.15) is 0 Å². The van der Waals surface area contributed by atoms with Crippen molar-refractivity contribution in [2.24, 2.45) is 11.3 Å². The highest BCUT2D eigenvalue weighted by Crippen LogP contribution is 2.53. The number of nitrogens with zero attached hydrogens (tertiary/aromatic N) is 1. The lowest BCUT2D eigenvalue weighted by Crippen LogP contribution is -2.41. The molecule has 4 heteroatoms. The van der Waals surface area contributed by atoms with Gasteiger partial charge in [-0.05, 0) is 38.5 Å². The Kier molecular flexibility index (Phi) is 3.17. The molecule has 0 spiro atoms. The van der Waals surface area contributed by atoms with E-state index < -0.39 is 0 Å². The van der Waals surface area contributed by atoms with Crippen LogP contribution in [-0.4, -0.2) is 37.0 Å². The predicted molar refractivity (Wildman–Crippen MR) is 59.1 cm³/mol. The molecule has 1 saturated heterocycles. The smallest absolute Gasteiger partial charge is 0.409 e. The largest absolute Gasteiger partial charge is 0.450 e. The van der Waals surface area contributed by atoms with Crippen LogP contribution in [0.5, 0.6) is 0 Å². The quantitative estimate of drug-likeness (QED) is 0.688. The van der Waals surface area contributed by atoms with Crippen LogP contribution in [0.25, 0.3) is 0 Å². The van der Waals surface area contributed by atoms with Gasteiger partial charge < -0.3 is 14.4 Å². The predicted octanol–water partition coefficient (Wildman–Crippen LogP) is 1.83. The van der Waals surface area contributed by atoms with Crippen molar-refractivity contribution in [2.75, 3.05) is 19.7 Å². The lowest BCUT2D eigenvalue weighted by molar-refractivity contribution is -0.114. The van der Waals surface area contributed by atoms with Crippen LogP contribution in [0.15, 0.2) is 0 Å². The Balaban J connectivity index is 1.83. The molecule has 0 aromatic heterocycles. The van der Waals surface area contributed by atoms with Crippen LogP contribution in [0.3, 0.4) is 0 Å². The number of carbonyl (C=O) groups excluding carboxylic acids is 2. The van der Waals surface area contributed by atoms with Crippen molar-refractivity contribution in [1.29, 1.82) is 0 Å². The summed E-state index contributed by atoms with van der Waals surface area (Å²) in [5, 5.41) is 0. The second kappa shape index (κ2) is 4.44. The molecule has 1 heterocycles. The molecule has 0 unspecified atom stereocenters. The number of aldehydes is 1. The van der Waals surface area contributed by atoms with Crippen LogP contribution in [0.2, 0.25) is 0 Å². The maximum absolute atomic E-state index is 11.5. The van der Waals surface area contributed by atoms with Gasteiger partial charge in [0.15, 0.2) is 0 Å². The SMILES string of the molecule is CCOC(=O)N1CCC(C2(C=O)CC2)CC1. The Hall–Kier alpha value is -1.06. The molecule has 2 rings (SSSR count). The molecule has 0 N–H and O–H groups in total. The maximum Gasteiger partial charge on any atom is 0.409 e. The van der Waals surface area contributed by atoms with Gasteiger partial charge in [0.2, 0.25) is 0 Å². The zero-order valence-electron chi connectivity index (χ0n) is 9.78. The van der Waals surface area contributed by atoms with E-state index in [9.17, 15) is 9.59 Å². The average Bonchev–Trinajstić information content (AvgIpc) is 3.10. The van der Waals surface area contributed by atoms with Crippen molar-refractivity contribution in [3.63, 3.8) is 0 Å². The first-order valence-corrected chi connectivity index (χ1v) is 6.10. The Morgan fingerprint density at radius 2 is 2.06 bits per heavy atom. The second-order valence-corrected chi connectivity index (χ2v) is 4.81. The summed E-state index contributed by atoms with van der Waals surface area (Å²) in [4.78, 5) is 24.2. The Morgan fingerprint density at radius 3 is 2.50 bits per heavy atom. The monoisotopic (exact) mass is 225 g/mol. The van der Waals surface area contributed by atoms with E-state index in [1.807, 2.05) is 6.92 Å². The molecule has 0 bridgehead atoms. The molecule has 90 valence electrons. The molecule has 0 radical (unpaired) electrons. The standard InChI is InChI=1S/C12H19NO3/c1-2-16-11(15)13-7-3-10(4-8-13)12(9-14)5-6-12/h9-10H,2-8H2,1H3. The summed E-state index contributed by atoms with van der Waals surface area (Å²) in [6.07, 6.45) is 4.89. The zero-order chi connectivity index (χ0) is 11.6. The molecule has 2 fully saturated rings. The van der Waals surface area contributed by atoms with E-state index >= 15 is 0 Å². The number of likely N-dealkylation sites (tertiary alicyclic amines) is 1. The van der Waals surface area contributed by atoms with Crippen molar-refractivity contribution < 1.29 is 14.3 Å². The number of carbonyl (C=O) groups is 2. The molecular weight excluding hydrogens is 206 g/mol. The minimum Gasteiger partial charge on any atom is -0.450 e. The van der Waals surface area contributed by atoms with E-state index in [-0.39, 0.29) is 11.5 Å². The topological polar surface area (TPSA) is 46.6 Å². The Morgan fingerprint density at radius 1 is 1.44 bits per heavy atom. The summed E-state index contributed by atoms with van der Waals surface area (Å²) in [6.45, 7) is 3.71. The van der Waals surface area contributed by atoms with Gasteiger partial charge in [0, 0.05) is 18.5 Å². The summed E-state index contributed by atoms with van der Waals surface area (Å²) in [5.41, 5.74) is -0.0270. The molecule has 16 heavy (non-hydrogen) atoms. The van der Waals surface area contributed by atoms with E-state index in [4.69, 9.17) is 4.74 Å². The summed E-state index contributed by atoms with van der Waals surface area (Å²) in [7, 11) is 0. The first kappa shape index (κ1) is 11.4. The number of amides is 1. The fourth-order valence-corrected chi connectivity index (χ4v) is 2.62. The van der Waals surface area contributed by atoms with Gasteiger partial charge in [-0.25, -0.2) is 4.79 Å². The van der Waals surface area contributed by atoms with Crippen LogP contribution in [0, 0.1) is 11.3 Å². The summed E-state index contributed by atoms with van der Waals surface area (Å²) in [5.74, 6) is 0.482. The van der Waals surface area contributed by atoms with E-state index in [0.29, 0.717) is 12.5 Å². The van der Waals surface area contributed by atoms with Crippen molar-refractivity contribution >= 4 is 12.4 Å². The van der Waals surface area contributed by atoms with Gasteiger partial charge in [-0.1, -0.05) is 0 Å². The molecule has 0 aromatic carbocycles. The van der Waals surface area contributed by atoms with E-state index in [2.05, 4.69) is 0 Å². The molecular formula is C12H19NO3. The van der Waals surface area contributed by atoms with Gasteiger partial charge in [-0.3, -0.25) is 0 Å². The Labute approximate surface area is 95.9 Å². The third-order valence-corrected chi connectivity index (χ3v) is 3.90. The molecule has 1 amide bonds. The highest BCUT2D eigenvalue weighted by molar-refractivity contribution is 5.68. The van der Waals surface area contributed by atoms with Crippen LogP contribution in [-0.2, 0) is 9.53 Å². The normalized spacial score (nSPS) is 23.9. The fourth-order valence-electron chi connectivity index (χ4n) is 2.62. The summed E-state index contributed by atoms with van der Waals surface area (Å²) in [6, 6.07) is 0. The molecule has 0 atom stereocenters. The summed E-state index contributed by atoms with van der Waals surface area (Å²) < 4.78 is 4.96. The van der Waals surface area contributed by atoms with E-state index in [1.54, 1.807) is 4.90 Å². The molecule has 1 aliphatic carbocycles. The molecule has 1 aliphatic heterocycles. The number of hydrogen-bond donors (Lipinski definition) is 0. The van der Waals surface area contributed by atoms with Crippen molar-refractivity contribution in [3.05, 3.63) is 0 Å². The second-order valence-electron chi connectivity index (χ2n) is 4.81. The van der Waals surface area contributed by atoms with Crippen LogP contribution < -0.4 is 0 Å². The highest BCUT2D eigenvalue weighted by atomic mass is 16.6. The molecule has 4 nitrogen and oxygen atoms in total. The molecule has 2 aliphatic rings. The van der Waals surface area contributed by atoms with Gasteiger partial charge in [0.1, 0.15) is 6.29 Å². The lowest BCUT2D eigenvalue weighted by atomic mass is 9.82. The first-order chi connectivity index (χ1) is 7.72. The third-order valence-electron chi connectivity index (χ3n) is 3.90. The van der Waals surface area contributed by atoms with E-state index in [0.717, 1.165) is 45.1 Å². The maximum atomic E-state index is 11.5. The van der Waals surface area contributed by atoms with Crippen LogP contribution in [0.4, 0.5) is 4.79 Å². The first-order valence-electron chi connectivity index (χ1n) is 6.10. The van der Waals surface area contributed by atoms with Gasteiger partial charge in [0.05, 0.1) is 6.61 Å². The van der Waals surface area contributed by atoms with Crippen LogP contribution >= 0.6 is 0 Å². The lowest BCUT2D eigenvalue weighted by Gasteiger charge is -2.33. The highest BCUT2D eigenvalue weighted by Gasteiger charge is 2.49. The summed E-state index contributed by atoms with van der Waals surface area (Å²) >= 11 is 0. The number of hydrogen-bond acceptors (Lipinski definition) is 3. The van der Waals surface area contributed by atoms with Crippen molar-refractivity contribution in [1.82, 2.24) is 4.90 Å². The van der Waals surface area contributed by atoms with Gasteiger partial charge in [-0.15, -0.1) is 0 Å². The van der Waals surface area contributed by atoms with Crippen molar-refractivity contribution in [2.45, 2.75) is 32.6 Å². The van der Waals surface area contributed by atoms with Gasteiger partial charge >= 0.3 is 6.09 Å². The number of piperidine rings is 1. The average molecular weight is 225 g/mol. The third kappa shape index (κ3) is 2.06. The van der Waals surface area contributed by atoms with Crippen LogP contribution in [0.1, 0.15) is 32.6 Å². The number of rotatable bonds is 3. The fraction of sp³-hybridized carbons (Fsp3) is 0.833. The minimum atomic E-state index is -0.211. The number of ether oxygens (including phenoxy) is 1. The minimum absolute atomic E-state index is 0.0270. The molecule has 1 saturated carbocycles. The van der Waals surface area contributed by atoms with Gasteiger partial charge in [0.25, 0.3) is 0 Å².